The second-order valence-electron chi connectivity index (χ2n) is 7.96. The molecule has 0 radical (unpaired) electrons. The highest BCUT2D eigenvalue weighted by Crippen LogP contribution is 2.43. The van der Waals surface area contributed by atoms with Crippen LogP contribution in [0.2, 0.25) is 0 Å². The van der Waals surface area contributed by atoms with E-state index in [9.17, 15) is 14.7 Å². The van der Waals surface area contributed by atoms with E-state index in [1.165, 1.54) is 7.11 Å². The second-order valence-corrected chi connectivity index (χ2v) is 8.81. The number of phenolic OH excluding ortho intramolecular Hbond substituents is 1. The Hall–Kier alpha value is -3.66. The fraction of sp³-hybridized carbons (Fsp3) is 0.333. The lowest BCUT2D eigenvalue weighted by Crippen LogP contribution is -2.29. The summed E-state index contributed by atoms with van der Waals surface area (Å²) in [6, 6.07) is 8.68. The molecular weight excluding hydrogens is 546 g/mol. The van der Waals surface area contributed by atoms with E-state index in [2.05, 4.69) is 15.9 Å². The van der Waals surface area contributed by atoms with Crippen LogP contribution in [0.3, 0.4) is 0 Å². The molecule has 0 unspecified atom stereocenters. The maximum absolute atomic E-state index is 13.2. The average molecular weight is 576 g/mol. The summed E-state index contributed by atoms with van der Waals surface area (Å²) < 4.78 is 27.1. The molecule has 0 aliphatic carbocycles. The number of phenols is 1. The van der Waals surface area contributed by atoms with Gasteiger partial charge in [-0.05, 0) is 65.2 Å². The first-order chi connectivity index (χ1) is 17.8. The molecule has 2 aromatic rings. The van der Waals surface area contributed by atoms with Crippen LogP contribution in [0.5, 0.6) is 23.0 Å². The van der Waals surface area contributed by atoms with E-state index in [1.54, 1.807) is 63.6 Å². The smallest absolute Gasteiger partial charge is 0.336 e. The van der Waals surface area contributed by atoms with Crippen LogP contribution >= 0.6 is 15.9 Å². The van der Waals surface area contributed by atoms with Crippen molar-refractivity contribution in [2.45, 2.75) is 26.3 Å². The van der Waals surface area contributed by atoms with Crippen molar-refractivity contribution >= 4 is 27.9 Å². The molecule has 37 heavy (non-hydrogen) atoms. The van der Waals surface area contributed by atoms with Gasteiger partial charge in [0.25, 0.3) is 0 Å². The van der Waals surface area contributed by atoms with Gasteiger partial charge in [-0.2, -0.15) is 0 Å². The second kappa shape index (κ2) is 12.5. The number of benzene rings is 2. The summed E-state index contributed by atoms with van der Waals surface area (Å²) >= 11 is 3.33. The number of carbonyl (C=O) groups is 2. The number of hydrogen-bond donors (Lipinski definition) is 1. The molecule has 0 fully saturated rings. The van der Waals surface area contributed by atoms with Gasteiger partial charge in [0.15, 0.2) is 23.0 Å². The van der Waals surface area contributed by atoms with E-state index in [4.69, 9.17) is 23.7 Å². The van der Waals surface area contributed by atoms with Crippen molar-refractivity contribution in [2.75, 3.05) is 34.5 Å². The summed E-state index contributed by atoms with van der Waals surface area (Å²) in [7, 11) is 4.53. The number of ether oxygens (including phenoxy) is 5. The van der Waals surface area contributed by atoms with E-state index < -0.39 is 17.9 Å². The molecule has 1 aliphatic rings. The van der Waals surface area contributed by atoms with Gasteiger partial charge in [0.2, 0.25) is 0 Å². The van der Waals surface area contributed by atoms with E-state index in [1.807, 2.05) is 12.1 Å². The Morgan fingerprint density at radius 3 is 1.95 bits per heavy atom. The minimum atomic E-state index is -0.828. The third-order valence-corrected chi connectivity index (χ3v) is 6.28. The molecule has 0 saturated heterocycles. The lowest BCUT2D eigenvalue weighted by molar-refractivity contribution is -0.139. The van der Waals surface area contributed by atoms with Crippen LogP contribution in [0.15, 0.2) is 58.4 Å². The van der Waals surface area contributed by atoms with E-state index in [-0.39, 0.29) is 35.9 Å². The quantitative estimate of drug-likeness (QED) is 0.404. The summed E-state index contributed by atoms with van der Waals surface area (Å²) in [5.41, 5.74) is 1.84. The minimum absolute atomic E-state index is 0.0968. The van der Waals surface area contributed by atoms with Crippen molar-refractivity contribution in [3.05, 3.63) is 69.5 Å². The number of aromatic hydroxyl groups is 1. The number of nitrogens with zero attached hydrogens (tertiary/aromatic N) is 1. The fourth-order valence-electron chi connectivity index (χ4n) is 4.04. The van der Waals surface area contributed by atoms with Crippen LogP contribution in [0.4, 0.5) is 0 Å². The van der Waals surface area contributed by atoms with Crippen LogP contribution in [-0.4, -0.2) is 56.5 Å². The van der Waals surface area contributed by atoms with Crippen LogP contribution in [-0.2, 0) is 25.6 Å². The number of hydrogen-bond acceptors (Lipinski definition) is 9. The van der Waals surface area contributed by atoms with Gasteiger partial charge in [-0.3, -0.25) is 0 Å². The molecule has 198 valence electrons. The van der Waals surface area contributed by atoms with Gasteiger partial charge >= 0.3 is 11.9 Å². The van der Waals surface area contributed by atoms with Crippen LogP contribution in [0.25, 0.3) is 0 Å². The first-order valence-electron chi connectivity index (χ1n) is 11.6. The molecule has 1 N–H and O–H groups in total. The minimum Gasteiger partial charge on any atom is -0.503 e. The summed E-state index contributed by atoms with van der Waals surface area (Å²) in [4.78, 5) is 28.1. The maximum atomic E-state index is 13.2. The molecule has 3 rings (SSSR count). The maximum Gasteiger partial charge on any atom is 0.336 e. The largest absolute Gasteiger partial charge is 0.503 e. The summed E-state index contributed by atoms with van der Waals surface area (Å²) in [6.07, 6.45) is 3.30. The lowest BCUT2D eigenvalue weighted by Gasteiger charge is -2.31. The molecule has 0 bridgehead atoms. The van der Waals surface area contributed by atoms with Gasteiger partial charge in [-0.1, -0.05) is 6.07 Å². The summed E-state index contributed by atoms with van der Waals surface area (Å²) in [6.45, 7) is 4.04. The Balaban J connectivity index is 2.14. The molecule has 0 spiro atoms. The van der Waals surface area contributed by atoms with E-state index in [0.29, 0.717) is 28.1 Å². The van der Waals surface area contributed by atoms with Crippen molar-refractivity contribution in [3.63, 3.8) is 0 Å². The SMILES string of the molecule is CCOC(=O)C1=CN(Cc2ccc(OC)c(OC)c2)C=C(C(=O)OCC)C1c1cc(Br)c(O)c(OC)c1. The monoisotopic (exact) mass is 575 g/mol. The summed E-state index contributed by atoms with van der Waals surface area (Å²) in [5.74, 6) is -0.761. The Morgan fingerprint density at radius 1 is 0.865 bits per heavy atom. The lowest BCUT2D eigenvalue weighted by atomic mass is 9.83. The first-order valence-corrected chi connectivity index (χ1v) is 12.4. The van der Waals surface area contributed by atoms with Gasteiger partial charge < -0.3 is 33.7 Å². The predicted molar refractivity (Wildman–Crippen MR) is 140 cm³/mol. The highest BCUT2D eigenvalue weighted by Gasteiger charge is 2.36. The Bertz CT molecular complexity index is 1190. The van der Waals surface area contributed by atoms with Crippen molar-refractivity contribution in [2.24, 2.45) is 0 Å². The third-order valence-electron chi connectivity index (χ3n) is 5.67. The molecule has 0 atom stereocenters. The normalized spacial score (nSPS) is 13.4. The van der Waals surface area contributed by atoms with Crippen molar-refractivity contribution in [3.8, 4) is 23.0 Å². The molecule has 2 aromatic carbocycles. The number of methoxy groups -OCH3 is 3. The molecule has 9 nitrogen and oxygen atoms in total. The van der Waals surface area contributed by atoms with Crippen LogP contribution in [0.1, 0.15) is 30.9 Å². The number of carbonyl (C=O) groups excluding carboxylic acids is 2. The topological polar surface area (TPSA) is 104 Å². The van der Waals surface area contributed by atoms with Gasteiger partial charge in [0, 0.05) is 18.9 Å². The zero-order valence-electron chi connectivity index (χ0n) is 21.4. The van der Waals surface area contributed by atoms with Crippen LogP contribution in [0, 0.1) is 0 Å². The Morgan fingerprint density at radius 2 is 1.43 bits per heavy atom. The number of rotatable bonds is 10. The molecule has 10 heteroatoms. The number of esters is 2. The molecule has 1 aliphatic heterocycles. The van der Waals surface area contributed by atoms with E-state index in [0.717, 1.165) is 5.56 Å². The third kappa shape index (κ3) is 6.19. The zero-order valence-corrected chi connectivity index (χ0v) is 23.0. The zero-order chi connectivity index (χ0) is 27.1. The molecule has 0 amide bonds. The highest BCUT2D eigenvalue weighted by atomic mass is 79.9. The van der Waals surface area contributed by atoms with Gasteiger partial charge in [-0.15, -0.1) is 0 Å². The standard InChI is InChI=1S/C27H30BrNO8/c1-6-36-26(31)18-14-29(13-16-8-9-21(33-3)22(10-16)34-4)15-19(27(32)37-7-2)24(18)17-11-20(28)25(30)23(12-17)35-5/h8-12,14-15,24,30H,6-7,13H2,1-5H3. The van der Waals surface area contributed by atoms with Crippen LogP contribution < -0.4 is 14.2 Å². The van der Waals surface area contributed by atoms with Crippen molar-refractivity contribution in [1.29, 1.82) is 0 Å². The Labute approximate surface area is 224 Å². The Kier molecular flexibility index (Phi) is 9.46. The summed E-state index contributed by atoms with van der Waals surface area (Å²) in [5, 5.41) is 10.3. The van der Waals surface area contributed by atoms with Gasteiger partial charge in [0.05, 0.1) is 56.1 Å². The molecule has 1 heterocycles. The van der Waals surface area contributed by atoms with Crippen molar-refractivity contribution < 1.29 is 38.4 Å². The first kappa shape index (κ1) is 27.9. The average Bonchev–Trinajstić information content (AvgIpc) is 2.89. The molecule has 0 aromatic heterocycles. The predicted octanol–water partition coefficient (Wildman–Crippen LogP) is 4.67. The van der Waals surface area contributed by atoms with E-state index >= 15 is 0 Å². The van der Waals surface area contributed by atoms with Gasteiger partial charge in [-0.25, -0.2) is 9.59 Å². The molecule has 0 saturated carbocycles. The van der Waals surface area contributed by atoms with Gasteiger partial charge in [0.1, 0.15) is 0 Å². The number of halogens is 1. The molecular formula is C27H30BrNO8. The fourth-order valence-corrected chi connectivity index (χ4v) is 4.50. The highest BCUT2D eigenvalue weighted by molar-refractivity contribution is 9.10. The van der Waals surface area contributed by atoms with Crippen molar-refractivity contribution in [1.82, 2.24) is 4.90 Å².